The third-order valence-corrected chi connectivity index (χ3v) is 3.27. The summed E-state index contributed by atoms with van der Waals surface area (Å²) in [7, 11) is 0. The Hall–Kier alpha value is -1.90. The Morgan fingerprint density at radius 3 is 2.94 bits per heavy atom. The minimum Gasteiger partial charge on any atom is -0.348 e. The van der Waals surface area contributed by atoms with Crippen LogP contribution in [0.5, 0.6) is 0 Å². The summed E-state index contributed by atoms with van der Waals surface area (Å²) in [5, 5.41) is 0. The van der Waals surface area contributed by atoms with Crippen LogP contribution in [0.15, 0.2) is 36.7 Å². The number of Topliss-reactive ketones (excluding diaryl/α,β-unsaturated/α-hetero) is 1. The maximum Gasteiger partial charge on any atom is 0.167 e. The molecule has 92 valence electrons. The van der Waals surface area contributed by atoms with E-state index in [2.05, 4.69) is 4.98 Å². The van der Waals surface area contributed by atoms with Crippen molar-refractivity contribution in [3.8, 4) is 0 Å². The summed E-state index contributed by atoms with van der Waals surface area (Å²) in [6.07, 6.45) is 6.01. The highest BCUT2D eigenvalue weighted by Crippen LogP contribution is 2.32. The SMILES string of the molecule is Cc1cccc(Cn2ccc(C(=O)C3CC3)c2)n1. The average Bonchev–Trinajstić information content (AvgIpc) is 3.09. The highest BCUT2D eigenvalue weighted by molar-refractivity contribution is 5.99. The molecule has 0 atom stereocenters. The van der Waals surface area contributed by atoms with Gasteiger partial charge in [-0.25, -0.2) is 0 Å². The molecule has 1 saturated carbocycles. The standard InChI is InChI=1S/C15H16N2O/c1-11-3-2-4-14(16-11)10-17-8-7-13(9-17)15(18)12-5-6-12/h2-4,7-9,12H,5-6,10H2,1H3. The predicted octanol–water partition coefficient (Wildman–Crippen LogP) is 2.83. The van der Waals surface area contributed by atoms with Gasteiger partial charge in [0.1, 0.15) is 0 Å². The summed E-state index contributed by atoms with van der Waals surface area (Å²) in [5.41, 5.74) is 2.88. The van der Waals surface area contributed by atoms with Crippen LogP contribution in [-0.2, 0) is 6.54 Å². The topological polar surface area (TPSA) is 34.9 Å². The van der Waals surface area contributed by atoms with Crippen molar-refractivity contribution in [3.63, 3.8) is 0 Å². The molecule has 3 heteroatoms. The van der Waals surface area contributed by atoms with Crippen LogP contribution < -0.4 is 0 Å². The molecular formula is C15H16N2O. The van der Waals surface area contributed by atoms with Gasteiger partial charge in [-0.2, -0.15) is 0 Å². The first-order chi connectivity index (χ1) is 8.72. The molecule has 0 amide bonds. The number of rotatable bonds is 4. The Kier molecular flexibility index (Phi) is 2.74. The van der Waals surface area contributed by atoms with E-state index in [0.717, 1.165) is 36.3 Å². The van der Waals surface area contributed by atoms with Crippen molar-refractivity contribution < 1.29 is 4.79 Å². The van der Waals surface area contributed by atoms with E-state index in [1.807, 2.05) is 48.1 Å². The van der Waals surface area contributed by atoms with Gasteiger partial charge in [0.25, 0.3) is 0 Å². The van der Waals surface area contributed by atoms with E-state index in [0.29, 0.717) is 5.78 Å². The van der Waals surface area contributed by atoms with Gasteiger partial charge in [-0.3, -0.25) is 9.78 Å². The van der Waals surface area contributed by atoms with Crippen molar-refractivity contribution in [2.24, 2.45) is 5.92 Å². The number of hydrogen-bond acceptors (Lipinski definition) is 2. The lowest BCUT2D eigenvalue weighted by atomic mass is 10.1. The third-order valence-electron chi connectivity index (χ3n) is 3.27. The quantitative estimate of drug-likeness (QED) is 0.770. The lowest BCUT2D eigenvalue weighted by Crippen LogP contribution is -2.02. The van der Waals surface area contributed by atoms with Crippen LogP contribution in [0.4, 0.5) is 0 Å². The molecule has 2 aromatic rings. The molecule has 1 aliphatic rings. The van der Waals surface area contributed by atoms with Gasteiger partial charge in [0, 0.05) is 29.6 Å². The molecule has 3 nitrogen and oxygen atoms in total. The number of carbonyl (C=O) groups is 1. The molecule has 0 radical (unpaired) electrons. The molecule has 1 fully saturated rings. The van der Waals surface area contributed by atoms with Crippen LogP contribution in [0, 0.1) is 12.8 Å². The van der Waals surface area contributed by atoms with Gasteiger partial charge in [-0.1, -0.05) is 6.07 Å². The maximum atomic E-state index is 11.9. The van der Waals surface area contributed by atoms with Gasteiger partial charge in [0.05, 0.1) is 12.2 Å². The molecule has 0 spiro atoms. The van der Waals surface area contributed by atoms with E-state index in [-0.39, 0.29) is 5.92 Å². The van der Waals surface area contributed by atoms with Gasteiger partial charge in [-0.15, -0.1) is 0 Å². The molecule has 18 heavy (non-hydrogen) atoms. The second kappa shape index (κ2) is 4.41. The zero-order valence-corrected chi connectivity index (χ0v) is 10.5. The summed E-state index contributed by atoms with van der Waals surface area (Å²) >= 11 is 0. The second-order valence-corrected chi connectivity index (χ2v) is 4.98. The molecule has 3 rings (SSSR count). The molecule has 0 aliphatic heterocycles. The summed E-state index contributed by atoms with van der Waals surface area (Å²) in [4.78, 5) is 16.4. The van der Waals surface area contributed by atoms with Crippen molar-refractivity contribution in [2.75, 3.05) is 0 Å². The van der Waals surface area contributed by atoms with Crippen molar-refractivity contribution in [1.82, 2.24) is 9.55 Å². The highest BCUT2D eigenvalue weighted by Gasteiger charge is 2.30. The number of ketones is 1. The zero-order valence-electron chi connectivity index (χ0n) is 10.5. The largest absolute Gasteiger partial charge is 0.348 e. The van der Waals surface area contributed by atoms with Crippen molar-refractivity contribution in [3.05, 3.63) is 53.6 Å². The van der Waals surface area contributed by atoms with E-state index < -0.39 is 0 Å². The fraction of sp³-hybridized carbons (Fsp3) is 0.333. The maximum absolute atomic E-state index is 11.9. The molecule has 2 aromatic heterocycles. The molecule has 0 aromatic carbocycles. The summed E-state index contributed by atoms with van der Waals surface area (Å²) in [6, 6.07) is 7.92. The number of aryl methyl sites for hydroxylation is 1. The summed E-state index contributed by atoms with van der Waals surface area (Å²) in [6.45, 7) is 2.71. The normalized spacial score (nSPS) is 14.7. The number of carbonyl (C=O) groups excluding carboxylic acids is 1. The summed E-state index contributed by atoms with van der Waals surface area (Å²) < 4.78 is 2.03. The van der Waals surface area contributed by atoms with E-state index in [4.69, 9.17) is 0 Å². The van der Waals surface area contributed by atoms with Crippen LogP contribution in [0.25, 0.3) is 0 Å². The van der Waals surface area contributed by atoms with Gasteiger partial charge in [0.15, 0.2) is 5.78 Å². The molecule has 0 N–H and O–H groups in total. The fourth-order valence-corrected chi connectivity index (χ4v) is 2.14. The average molecular weight is 240 g/mol. The Labute approximate surface area is 106 Å². The van der Waals surface area contributed by atoms with E-state index in [9.17, 15) is 4.79 Å². The number of hydrogen-bond donors (Lipinski definition) is 0. The Bertz CT molecular complexity index is 582. The van der Waals surface area contributed by atoms with Crippen molar-refractivity contribution >= 4 is 5.78 Å². The first-order valence-corrected chi connectivity index (χ1v) is 6.35. The number of aromatic nitrogens is 2. The van der Waals surface area contributed by atoms with Crippen molar-refractivity contribution in [2.45, 2.75) is 26.3 Å². The lowest BCUT2D eigenvalue weighted by Gasteiger charge is -2.03. The monoisotopic (exact) mass is 240 g/mol. The van der Waals surface area contributed by atoms with Gasteiger partial charge >= 0.3 is 0 Å². The fourth-order valence-electron chi connectivity index (χ4n) is 2.14. The predicted molar refractivity (Wildman–Crippen MR) is 69.6 cm³/mol. The van der Waals surface area contributed by atoms with Gasteiger partial charge < -0.3 is 4.57 Å². The van der Waals surface area contributed by atoms with E-state index >= 15 is 0 Å². The molecule has 0 unspecified atom stereocenters. The molecule has 1 aliphatic carbocycles. The van der Waals surface area contributed by atoms with Crippen LogP contribution in [-0.4, -0.2) is 15.3 Å². The van der Waals surface area contributed by atoms with E-state index in [1.165, 1.54) is 0 Å². The highest BCUT2D eigenvalue weighted by atomic mass is 16.1. The minimum atomic E-state index is 0.290. The van der Waals surface area contributed by atoms with E-state index in [1.54, 1.807) is 0 Å². The van der Waals surface area contributed by atoms with Crippen molar-refractivity contribution in [1.29, 1.82) is 0 Å². The first-order valence-electron chi connectivity index (χ1n) is 6.35. The Morgan fingerprint density at radius 1 is 1.39 bits per heavy atom. The van der Waals surface area contributed by atoms with Gasteiger partial charge in [-0.05, 0) is 38.0 Å². The molecule has 0 bridgehead atoms. The molecule has 2 heterocycles. The Balaban J connectivity index is 1.75. The van der Waals surface area contributed by atoms with Crippen LogP contribution in [0.3, 0.4) is 0 Å². The lowest BCUT2D eigenvalue weighted by molar-refractivity contribution is 0.0967. The smallest absolute Gasteiger partial charge is 0.167 e. The molecular weight excluding hydrogens is 224 g/mol. The summed E-state index contributed by atoms with van der Waals surface area (Å²) in [5.74, 6) is 0.587. The first kappa shape index (κ1) is 11.2. The number of nitrogens with zero attached hydrogens (tertiary/aromatic N) is 2. The Morgan fingerprint density at radius 2 is 2.22 bits per heavy atom. The minimum absolute atomic E-state index is 0.290. The van der Waals surface area contributed by atoms with Crippen LogP contribution >= 0.6 is 0 Å². The number of pyridine rings is 1. The zero-order chi connectivity index (χ0) is 12.5. The van der Waals surface area contributed by atoms with Crippen LogP contribution in [0.1, 0.15) is 34.6 Å². The third kappa shape index (κ3) is 2.35. The van der Waals surface area contributed by atoms with Crippen LogP contribution in [0.2, 0.25) is 0 Å². The van der Waals surface area contributed by atoms with Gasteiger partial charge in [0.2, 0.25) is 0 Å². The second-order valence-electron chi connectivity index (χ2n) is 4.98. The molecule has 0 saturated heterocycles.